The normalized spacial score (nSPS) is 22.8. The molecule has 0 atom stereocenters. The minimum Gasteiger partial charge on any atom is -0.469 e. The van der Waals surface area contributed by atoms with Gasteiger partial charge in [-0.3, -0.25) is 9.59 Å². The summed E-state index contributed by atoms with van der Waals surface area (Å²) in [6.45, 7) is 1.69. The number of piperidine rings is 1. The van der Waals surface area contributed by atoms with E-state index in [-0.39, 0.29) is 30.3 Å². The summed E-state index contributed by atoms with van der Waals surface area (Å²) in [5.74, 6) is 0.339. The van der Waals surface area contributed by atoms with Crippen molar-refractivity contribution in [3.8, 4) is 6.07 Å². The maximum Gasteiger partial charge on any atom is 0.305 e. The number of hydrogen-bond donors (Lipinski definition) is 2. The number of hydrogen-bond acceptors (Lipinski definition) is 5. The number of rotatable bonds is 6. The summed E-state index contributed by atoms with van der Waals surface area (Å²) in [5, 5.41) is 16.2. The zero-order chi connectivity index (χ0) is 20.7. The van der Waals surface area contributed by atoms with Crippen LogP contribution in [0.1, 0.15) is 67.3 Å². The van der Waals surface area contributed by atoms with Gasteiger partial charge in [-0.05, 0) is 81.6 Å². The molecule has 0 unspecified atom stereocenters. The first-order valence-electron chi connectivity index (χ1n) is 10.7. The molecule has 2 N–H and O–H groups in total. The Morgan fingerprint density at radius 3 is 2.37 bits per heavy atom. The molecule has 164 valence electrons. The highest BCUT2D eigenvalue weighted by molar-refractivity contribution is 5.94. The molecule has 1 aliphatic carbocycles. The quantitative estimate of drug-likeness (QED) is 0.670. The Hall–Kier alpha value is -2.10. The molecule has 0 aromatic heterocycles. The van der Waals surface area contributed by atoms with Gasteiger partial charge in [-0.2, -0.15) is 5.26 Å². The van der Waals surface area contributed by atoms with E-state index in [0.29, 0.717) is 17.9 Å². The number of halogens is 1. The van der Waals surface area contributed by atoms with Crippen LogP contribution in [0.3, 0.4) is 0 Å². The number of benzene rings is 1. The number of methoxy groups -OCH3 is 1. The number of esters is 1. The van der Waals surface area contributed by atoms with E-state index in [0.717, 1.165) is 63.6 Å². The fraction of sp³-hybridized carbons (Fsp3) is 0.609. The van der Waals surface area contributed by atoms with Crippen molar-refractivity contribution in [1.29, 1.82) is 5.26 Å². The number of carbonyl (C=O) groups excluding carboxylic acids is 2. The van der Waals surface area contributed by atoms with Crippen molar-refractivity contribution in [2.24, 2.45) is 5.92 Å². The average Bonchev–Trinajstić information content (AvgIpc) is 2.79. The fourth-order valence-electron chi connectivity index (χ4n) is 4.55. The Bertz CT molecular complexity index is 746. The molecule has 1 aliphatic heterocycles. The summed E-state index contributed by atoms with van der Waals surface area (Å²) < 4.78 is 4.71. The third kappa shape index (κ3) is 5.96. The fourth-order valence-corrected chi connectivity index (χ4v) is 4.55. The van der Waals surface area contributed by atoms with Crippen LogP contribution >= 0.6 is 12.4 Å². The zero-order valence-corrected chi connectivity index (χ0v) is 18.4. The van der Waals surface area contributed by atoms with Crippen molar-refractivity contribution >= 4 is 24.3 Å². The first kappa shape index (κ1) is 24.2. The van der Waals surface area contributed by atoms with Crippen LogP contribution in [0.5, 0.6) is 0 Å². The van der Waals surface area contributed by atoms with E-state index in [4.69, 9.17) is 4.74 Å². The Balaban J connectivity index is 0.00000320. The second-order valence-corrected chi connectivity index (χ2v) is 8.33. The molecular formula is C23H32ClN3O3. The second-order valence-electron chi connectivity index (χ2n) is 8.33. The smallest absolute Gasteiger partial charge is 0.305 e. The van der Waals surface area contributed by atoms with E-state index in [1.165, 1.54) is 7.11 Å². The maximum atomic E-state index is 12.6. The summed E-state index contributed by atoms with van der Waals surface area (Å²) in [6, 6.07) is 10.2. The van der Waals surface area contributed by atoms with Crippen molar-refractivity contribution in [2.75, 3.05) is 20.2 Å². The predicted molar refractivity (Wildman–Crippen MR) is 118 cm³/mol. The van der Waals surface area contributed by atoms with Crippen LogP contribution in [-0.4, -0.2) is 38.1 Å². The van der Waals surface area contributed by atoms with Gasteiger partial charge in [0.2, 0.25) is 0 Å². The molecule has 1 saturated carbocycles. The van der Waals surface area contributed by atoms with Crippen molar-refractivity contribution in [3.63, 3.8) is 0 Å². The largest absolute Gasteiger partial charge is 0.469 e. The van der Waals surface area contributed by atoms with Gasteiger partial charge in [-0.15, -0.1) is 12.4 Å². The van der Waals surface area contributed by atoms with Crippen LogP contribution in [0.15, 0.2) is 24.3 Å². The minimum atomic E-state index is -0.442. The molecule has 30 heavy (non-hydrogen) atoms. The molecule has 1 aromatic rings. The van der Waals surface area contributed by atoms with Crippen LogP contribution in [0, 0.1) is 17.2 Å². The van der Waals surface area contributed by atoms with Crippen LogP contribution in [0.2, 0.25) is 0 Å². The molecule has 1 aromatic carbocycles. The molecule has 0 radical (unpaired) electrons. The van der Waals surface area contributed by atoms with Crippen molar-refractivity contribution < 1.29 is 14.3 Å². The lowest BCUT2D eigenvalue weighted by Crippen LogP contribution is -2.39. The first-order chi connectivity index (χ1) is 14.1. The SMILES string of the molecule is COC(=O)CCC1CCC(NC(=O)c2ccc(C3(C#N)CCNCC3)cc2)CC1.Cl. The Labute approximate surface area is 185 Å². The number of nitriles is 1. The summed E-state index contributed by atoms with van der Waals surface area (Å²) >= 11 is 0. The topological polar surface area (TPSA) is 91.2 Å². The molecule has 3 rings (SSSR count). The van der Waals surface area contributed by atoms with Crippen LogP contribution < -0.4 is 10.6 Å². The van der Waals surface area contributed by atoms with Gasteiger partial charge in [0.15, 0.2) is 0 Å². The van der Waals surface area contributed by atoms with Gasteiger partial charge in [-0.25, -0.2) is 0 Å². The van der Waals surface area contributed by atoms with Crippen LogP contribution in [0.25, 0.3) is 0 Å². The summed E-state index contributed by atoms with van der Waals surface area (Å²) in [4.78, 5) is 23.9. The number of ether oxygens (including phenoxy) is 1. The van der Waals surface area contributed by atoms with Crippen LogP contribution in [0.4, 0.5) is 0 Å². The molecule has 2 aliphatic rings. The third-order valence-corrected chi connectivity index (χ3v) is 6.54. The number of amides is 1. The van der Waals surface area contributed by atoms with Gasteiger partial charge in [0, 0.05) is 18.0 Å². The lowest BCUT2D eigenvalue weighted by Gasteiger charge is -2.31. The van der Waals surface area contributed by atoms with E-state index >= 15 is 0 Å². The summed E-state index contributed by atoms with van der Waals surface area (Å²) in [6.07, 6.45) is 6.89. The molecular weight excluding hydrogens is 402 g/mol. The van der Waals surface area contributed by atoms with Gasteiger partial charge in [0.25, 0.3) is 5.91 Å². The Morgan fingerprint density at radius 1 is 1.17 bits per heavy atom. The highest BCUT2D eigenvalue weighted by Crippen LogP contribution is 2.33. The van der Waals surface area contributed by atoms with E-state index in [1.54, 1.807) is 0 Å². The third-order valence-electron chi connectivity index (χ3n) is 6.54. The molecule has 7 heteroatoms. The lowest BCUT2D eigenvalue weighted by atomic mass is 9.74. The predicted octanol–water partition coefficient (Wildman–Crippen LogP) is 3.49. The molecule has 6 nitrogen and oxygen atoms in total. The molecule has 1 amide bonds. The summed E-state index contributed by atoms with van der Waals surface area (Å²) in [7, 11) is 1.42. The monoisotopic (exact) mass is 433 g/mol. The molecule has 1 heterocycles. The maximum absolute atomic E-state index is 12.6. The Kier molecular flexibility index (Phi) is 9.13. The highest BCUT2D eigenvalue weighted by Gasteiger charge is 2.34. The van der Waals surface area contributed by atoms with Crippen LogP contribution in [-0.2, 0) is 14.9 Å². The van der Waals surface area contributed by atoms with E-state index in [1.807, 2.05) is 24.3 Å². The van der Waals surface area contributed by atoms with Gasteiger partial charge in [-0.1, -0.05) is 12.1 Å². The van der Waals surface area contributed by atoms with E-state index in [2.05, 4.69) is 16.7 Å². The number of carbonyl (C=O) groups is 2. The number of nitrogens with zero attached hydrogens (tertiary/aromatic N) is 1. The summed E-state index contributed by atoms with van der Waals surface area (Å²) in [5.41, 5.74) is 1.20. The van der Waals surface area contributed by atoms with E-state index in [9.17, 15) is 14.9 Å². The van der Waals surface area contributed by atoms with Crippen molar-refractivity contribution in [1.82, 2.24) is 10.6 Å². The van der Waals surface area contributed by atoms with E-state index < -0.39 is 5.41 Å². The van der Waals surface area contributed by atoms with Gasteiger partial charge in [0.1, 0.15) is 0 Å². The minimum absolute atomic E-state index is 0. The van der Waals surface area contributed by atoms with Gasteiger partial charge >= 0.3 is 5.97 Å². The molecule has 2 fully saturated rings. The van der Waals surface area contributed by atoms with Crippen molar-refractivity contribution in [3.05, 3.63) is 35.4 Å². The Morgan fingerprint density at radius 2 is 1.80 bits per heavy atom. The standard InChI is InChI=1S/C23H31N3O3.ClH/c1-29-21(27)11-4-17-2-9-20(10-3-17)26-22(28)18-5-7-19(8-6-18)23(16-24)12-14-25-15-13-23;/h5-8,17,20,25H,2-4,9-15H2,1H3,(H,26,28);1H. The molecule has 0 spiro atoms. The molecule has 0 bridgehead atoms. The zero-order valence-electron chi connectivity index (χ0n) is 17.6. The molecule has 1 saturated heterocycles. The highest BCUT2D eigenvalue weighted by atomic mass is 35.5. The van der Waals surface area contributed by atoms with Gasteiger partial charge in [0.05, 0.1) is 18.6 Å². The first-order valence-corrected chi connectivity index (χ1v) is 10.7. The lowest BCUT2D eigenvalue weighted by molar-refractivity contribution is -0.141. The average molecular weight is 434 g/mol. The van der Waals surface area contributed by atoms with Gasteiger partial charge < -0.3 is 15.4 Å². The van der Waals surface area contributed by atoms with Crippen molar-refractivity contribution in [2.45, 2.75) is 62.8 Å². The second kappa shape index (κ2) is 11.3. The number of nitrogens with one attached hydrogen (secondary N) is 2.